The topological polar surface area (TPSA) is 83.8 Å². The van der Waals surface area contributed by atoms with Crippen LogP contribution in [0, 0.1) is 0 Å². The van der Waals surface area contributed by atoms with Crippen LogP contribution >= 0.6 is 0 Å². The summed E-state index contributed by atoms with van der Waals surface area (Å²) in [5.74, 6) is 0. The van der Waals surface area contributed by atoms with Gasteiger partial charge in [0.2, 0.25) is 9.84 Å². The van der Waals surface area contributed by atoms with Crippen LogP contribution in [0.3, 0.4) is 0 Å². The van der Waals surface area contributed by atoms with Crippen LogP contribution < -0.4 is 0 Å². The molecule has 0 atom stereocenters. The van der Waals surface area contributed by atoms with Gasteiger partial charge in [-0.2, -0.15) is 0 Å². The molecule has 0 saturated carbocycles. The van der Waals surface area contributed by atoms with Gasteiger partial charge in [0.25, 0.3) is 0 Å². The highest BCUT2D eigenvalue weighted by Gasteiger charge is 2.41. The molecular formula is C8H5NO4S. The highest BCUT2D eigenvalue weighted by Crippen LogP contribution is 2.26. The van der Waals surface area contributed by atoms with E-state index in [1.54, 1.807) is 6.07 Å². The standard InChI is InChI=1S/C8H5NO4S/c10-8-7(9-11)5-3-1-2-4-6(5)14(8,12)13/h1-4,11H/b9-7-. The van der Waals surface area contributed by atoms with Crippen molar-refractivity contribution < 1.29 is 18.4 Å². The number of carbonyl (C=O) groups excluding carboxylic acids is 1. The lowest BCUT2D eigenvalue weighted by Crippen LogP contribution is -2.15. The summed E-state index contributed by atoms with van der Waals surface area (Å²) in [6, 6.07) is 5.80. The Hall–Kier alpha value is -1.69. The first kappa shape index (κ1) is 8.89. The van der Waals surface area contributed by atoms with Crippen LogP contribution in [0.15, 0.2) is 34.3 Å². The molecule has 0 fully saturated rings. The number of rotatable bonds is 0. The number of oxime groups is 1. The molecule has 72 valence electrons. The molecule has 1 N–H and O–H groups in total. The summed E-state index contributed by atoms with van der Waals surface area (Å²) in [5, 5.41) is 10.1. The molecule has 0 unspecified atom stereocenters. The number of fused-ring (bicyclic) bond motifs is 1. The third kappa shape index (κ3) is 0.912. The van der Waals surface area contributed by atoms with Crippen molar-refractivity contribution in [3.8, 4) is 0 Å². The summed E-state index contributed by atoms with van der Waals surface area (Å²) in [6.45, 7) is 0. The van der Waals surface area contributed by atoms with Crippen molar-refractivity contribution in [1.82, 2.24) is 0 Å². The Morgan fingerprint density at radius 3 is 2.50 bits per heavy atom. The predicted molar refractivity (Wildman–Crippen MR) is 47.0 cm³/mol. The van der Waals surface area contributed by atoms with Crippen molar-refractivity contribution in [1.29, 1.82) is 0 Å². The average molecular weight is 211 g/mol. The van der Waals surface area contributed by atoms with E-state index in [4.69, 9.17) is 5.21 Å². The van der Waals surface area contributed by atoms with E-state index in [1.165, 1.54) is 18.2 Å². The molecule has 0 radical (unpaired) electrons. The van der Waals surface area contributed by atoms with Gasteiger partial charge in [0.15, 0.2) is 5.71 Å². The molecule has 2 rings (SSSR count). The lowest BCUT2D eigenvalue weighted by Gasteiger charge is -1.92. The maximum atomic E-state index is 11.4. The largest absolute Gasteiger partial charge is 0.410 e. The van der Waals surface area contributed by atoms with E-state index < -0.39 is 20.7 Å². The van der Waals surface area contributed by atoms with Gasteiger partial charge in [-0.1, -0.05) is 23.4 Å². The van der Waals surface area contributed by atoms with Crippen LogP contribution in [0.2, 0.25) is 0 Å². The summed E-state index contributed by atoms with van der Waals surface area (Å²) in [4.78, 5) is 11.1. The monoisotopic (exact) mass is 211 g/mol. The Morgan fingerprint density at radius 2 is 1.86 bits per heavy atom. The van der Waals surface area contributed by atoms with Gasteiger partial charge in [-0.3, -0.25) is 4.79 Å². The zero-order valence-electron chi connectivity index (χ0n) is 6.84. The minimum atomic E-state index is -3.98. The van der Waals surface area contributed by atoms with Gasteiger partial charge in [0.1, 0.15) is 0 Å². The van der Waals surface area contributed by atoms with Gasteiger partial charge in [-0.05, 0) is 6.07 Å². The Bertz CT molecular complexity index is 544. The lowest BCUT2D eigenvalue weighted by atomic mass is 10.1. The molecule has 1 heterocycles. The predicted octanol–water partition coefficient (Wildman–Crippen LogP) is 0.179. The van der Waals surface area contributed by atoms with Crippen LogP contribution in [0.5, 0.6) is 0 Å². The second-order valence-electron chi connectivity index (χ2n) is 2.74. The molecule has 0 amide bonds. The fourth-order valence-electron chi connectivity index (χ4n) is 1.33. The molecule has 1 aromatic carbocycles. The molecule has 0 spiro atoms. The van der Waals surface area contributed by atoms with Crippen molar-refractivity contribution in [2.24, 2.45) is 5.16 Å². The highest BCUT2D eigenvalue weighted by molar-refractivity contribution is 8.09. The van der Waals surface area contributed by atoms with Crippen LogP contribution in [0.4, 0.5) is 0 Å². The average Bonchev–Trinajstić information content (AvgIpc) is 2.37. The maximum Gasteiger partial charge on any atom is 0.303 e. The first-order valence-corrected chi connectivity index (χ1v) is 5.18. The van der Waals surface area contributed by atoms with Crippen LogP contribution in [-0.2, 0) is 14.6 Å². The minimum absolute atomic E-state index is 0.0993. The number of carbonyl (C=O) groups is 1. The normalized spacial score (nSPS) is 21.1. The summed E-state index contributed by atoms with van der Waals surface area (Å²) in [5.41, 5.74) is -0.263. The first-order valence-electron chi connectivity index (χ1n) is 3.70. The van der Waals surface area contributed by atoms with E-state index in [-0.39, 0.29) is 10.5 Å². The van der Waals surface area contributed by atoms with Crippen molar-refractivity contribution >= 4 is 20.7 Å². The van der Waals surface area contributed by atoms with Crippen molar-refractivity contribution in [2.75, 3.05) is 0 Å². The van der Waals surface area contributed by atoms with Gasteiger partial charge < -0.3 is 5.21 Å². The molecule has 14 heavy (non-hydrogen) atoms. The molecule has 1 aliphatic rings. The van der Waals surface area contributed by atoms with Crippen LogP contribution in [0.1, 0.15) is 5.56 Å². The Labute approximate surface area is 79.6 Å². The van der Waals surface area contributed by atoms with Crippen molar-refractivity contribution in [3.05, 3.63) is 29.8 Å². The van der Waals surface area contributed by atoms with Gasteiger partial charge in [-0.25, -0.2) is 8.42 Å². The van der Waals surface area contributed by atoms with Gasteiger partial charge in [0, 0.05) is 5.56 Å². The summed E-state index contributed by atoms with van der Waals surface area (Å²) < 4.78 is 22.8. The smallest absolute Gasteiger partial charge is 0.303 e. The van der Waals surface area contributed by atoms with E-state index in [0.29, 0.717) is 0 Å². The Kier molecular flexibility index (Phi) is 1.68. The van der Waals surface area contributed by atoms with E-state index in [0.717, 1.165) is 0 Å². The Balaban J connectivity index is 2.89. The maximum absolute atomic E-state index is 11.4. The van der Waals surface area contributed by atoms with E-state index in [9.17, 15) is 13.2 Å². The molecule has 1 aliphatic heterocycles. The molecule has 5 nitrogen and oxygen atoms in total. The van der Waals surface area contributed by atoms with E-state index in [2.05, 4.69) is 5.16 Å². The molecule has 0 aliphatic carbocycles. The van der Waals surface area contributed by atoms with Gasteiger partial charge in [0.05, 0.1) is 4.90 Å². The van der Waals surface area contributed by atoms with Gasteiger partial charge in [-0.15, -0.1) is 0 Å². The first-order chi connectivity index (χ1) is 6.59. The quantitative estimate of drug-likeness (QED) is 0.490. The number of nitrogens with zero attached hydrogens (tertiary/aromatic N) is 1. The van der Waals surface area contributed by atoms with E-state index >= 15 is 0 Å². The number of sulfone groups is 1. The summed E-state index contributed by atoms with van der Waals surface area (Å²) >= 11 is 0. The highest BCUT2D eigenvalue weighted by atomic mass is 32.2. The summed E-state index contributed by atoms with van der Waals surface area (Å²) in [7, 11) is -3.98. The third-order valence-corrected chi connectivity index (χ3v) is 3.59. The third-order valence-electron chi connectivity index (χ3n) is 1.97. The van der Waals surface area contributed by atoms with Gasteiger partial charge >= 0.3 is 5.12 Å². The zero-order chi connectivity index (χ0) is 10.3. The minimum Gasteiger partial charge on any atom is -0.410 e. The van der Waals surface area contributed by atoms with Crippen molar-refractivity contribution in [3.63, 3.8) is 0 Å². The second kappa shape index (κ2) is 2.65. The summed E-state index contributed by atoms with van der Waals surface area (Å²) in [6.07, 6.45) is 0. The fraction of sp³-hybridized carbons (Fsp3) is 0. The second-order valence-corrected chi connectivity index (χ2v) is 4.55. The molecule has 0 aromatic heterocycles. The zero-order valence-corrected chi connectivity index (χ0v) is 7.65. The lowest BCUT2D eigenvalue weighted by molar-refractivity contribution is -0.106. The SMILES string of the molecule is O=C1/C(=N\O)c2ccccc2S1(=O)=O. The van der Waals surface area contributed by atoms with Crippen LogP contribution in [0.25, 0.3) is 0 Å². The number of benzene rings is 1. The molecule has 0 bridgehead atoms. The molecule has 0 saturated heterocycles. The fourth-order valence-corrected chi connectivity index (χ4v) is 2.65. The van der Waals surface area contributed by atoms with Crippen LogP contribution in [-0.4, -0.2) is 24.5 Å². The molecule has 1 aromatic rings. The number of hydrogen-bond acceptors (Lipinski definition) is 5. The molecular weight excluding hydrogens is 206 g/mol. The number of hydrogen-bond donors (Lipinski definition) is 1. The van der Waals surface area contributed by atoms with E-state index in [1.807, 2.05) is 0 Å². The molecule has 6 heteroatoms. The Morgan fingerprint density at radius 1 is 1.21 bits per heavy atom. The van der Waals surface area contributed by atoms with Crippen molar-refractivity contribution in [2.45, 2.75) is 4.90 Å².